The molecule has 0 amide bonds. The monoisotopic (exact) mass is 522 g/mol. The van der Waals surface area contributed by atoms with Gasteiger partial charge in [-0.15, -0.1) is 0 Å². The Morgan fingerprint density at radius 3 is 2.18 bits per heavy atom. The van der Waals surface area contributed by atoms with E-state index in [4.69, 9.17) is 15.5 Å². The van der Waals surface area contributed by atoms with Crippen LogP contribution in [0.3, 0.4) is 0 Å². The van der Waals surface area contributed by atoms with Crippen molar-refractivity contribution < 1.29 is 4.74 Å². The van der Waals surface area contributed by atoms with Crippen molar-refractivity contribution in [2.75, 3.05) is 12.8 Å². The molecule has 2 bridgehead atoms. The average molecular weight is 523 g/mol. The fraction of sp³-hybridized carbons (Fsp3) is 0.438. The Bertz CT molecular complexity index is 1410. The van der Waals surface area contributed by atoms with Gasteiger partial charge in [-0.05, 0) is 88.2 Å². The summed E-state index contributed by atoms with van der Waals surface area (Å²) in [5.74, 6) is 2.17. The molecule has 2 aromatic heterocycles. The number of hydrogen-bond donors (Lipinski definition) is 2. The van der Waals surface area contributed by atoms with E-state index in [1.807, 2.05) is 42.5 Å². The predicted molar refractivity (Wildman–Crippen MR) is 156 cm³/mol. The summed E-state index contributed by atoms with van der Waals surface area (Å²) in [7, 11) is 2.32. The zero-order valence-electron chi connectivity index (χ0n) is 22.7. The normalized spacial score (nSPS) is 27.2. The van der Waals surface area contributed by atoms with Crippen LogP contribution in [-0.4, -0.2) is 50.7 Å². The van der Waals surface area contributed by atoms with E-state index in [1.54, 1.807) is 6.33 Å². The lowest BCUT2D eigenvalue weighted by Crippen LogP contribution is -2.50. The first-order chi connectivity index (χ1) is 19.1. The van der Waals surface area contributed by atoms with Crippen LogP contribution in [0.15, 0.2) is 67.1 Å². The number of benzene rings is 2. The molecule has 4 heterocycles. The lowest BCUT2D eigenvalue weighted by atomic mass is 9.89. The van der Waals surface area contributed by atoms with Gasteiger partial charge < -0.3 is 25.3 Å². The van der Waals surface area contributed by atoms with Crippen molar-refractivity contribution in [1.82, 2.24) is 24.8 Å². The van der Waals surface area contributed by atoms with Gasteiger partial charge in [0.05, 0.1) is 5.39 Å². The third kappa shape index (κ3) is 4.79. The molecule has 1 aliphatic carbocycles. The molecule has 0 spiro atoms. The molecule has 2 atom stereocenters. The Labute approximate surface area is 230 Å². The fourth-order valence-corrected chi connectivity index (χ4v) is 7.33. The molecule has 3 N–H and O–H groups in total. The van der Waals surface area contributed by atoms with Crippen LogP contribution in [-0.2, 0) is 0 Å². The zero-order chi connectivity index (χ0) is 26.3. The average Bonchev–Trinajstić information content (AvgIpc) is 3.43. The molecule has 3 fully saturated rings. The molecule has 2 aromatic carbocycles. The van der Waals surface area contributed by atoms with Crippen molar-refractivity contribution in [2.45, 2.75) is 81.6 Å². The van der Waals surface area contributed by atoms with Crippen molar-refractivity contribution in [3.63, 3.8) is 0 Å². The van der Waals surface area contributed by atoms with E-state index in [0.29, 0.717) is 23.9 Å². The molecule has 39 heavy (non-hydrogen) atoms. The highest BCUT2D eigenvalue weighted by Crippen LogP contribution is 2.40. The maximum absolute atomic E-state index is 6.43. The molecule has 2 saturated heterocycles. The van der Waals surface area contributed by atoms with E-state index in [0.717, 1.165) is 58.6 Å². The Kier molecular flexibility index (Phi) is 6.49. The Morgan fingerprint density at radius 1 is 0.795 bits per heavy atom. The fourth-order valence-electron chi connectivity index (χ4n) is 7.33. The van der Waals surface area contributed by atoms with E-state index >= 15 is 0 Å². The minimum atomic E-state index is 0.419. The highest BCUT2D eigenvalue weighted by atomic mass is 16.5. The molecule has 202 valence electrons. The molecule has 2 aliphatic heterocycles. The number of para-hydroxylation sites is 1. The summed E-state index contributed by atoms with van der Waals surface area (Å²) >= 11 is 0. The van der Waals surface area contributed by atoms with Crippen LogP contribution < -0.4 is 15.8 Å². The summed E-state index contributed by atoms with van der Waals surface area (Å²) in [5, 5.41) is 5.00. The van der Waals surface area contributed by atoms with E-state index in [2.05, 4.69) is 45.1 Å². The van der Waals surface area contributed by atoms with Gasteiger partial charge in [0.2, 0.25) is 0 Å². The molecule has 7 nitrogen and oxygen atoms in total. The van der Waals surface area contributed by atoms with Gasteiger partial charge >= 0.3 is 0 Å². The van der Waals surface area contributed by atoms with Gasteiger partial charge in [0.1, 0.15) is 29.3 Å². The second-order valence-corrected chi connectivity index (χ2v) is 11.7. The number of fused-ring (bicyclic) bond motifs is 3. The number of nitrogens with one attached hydrogen (secondary N) is 1. The van der Waals surface area contributed by atoms with Crippen LogP contribution in [0.25, 0.3) is 22.2 Å². The van der Waals surface area contributed by atoms with E-state index < -0.39 is 0 Å². The second-order valence-electron chi connectivity index (χ2n) is 11.7. The van der Waals surface area contributed by atoms with Gasteiger partial charge in [-0.3, -0.25) is 0 Å². The number of piperidine rings is 1. The molecule has 4 aromatic rings. The smallest absolute Gasteiger partial charge is 0.146 e. The quantitative estimate of drug-likeness (QED) is 0.315. The number of nitrogen functional groups attached to an aromatic ring is 1. The summed E-state index contributed by atoms with van der Waals surface area (Å²) in [6.45, 7) is 0. The van der Waals surface area contributed by atoms with E-state index in [1.165, 1.54) is 38.5 Å². The number of aromatic nitrogens is 3. The van der Waals surface area contributed by atoms with Crippen molar-refractivity contribution in [2.24, 2.45) is 0 Å². The molecule has 0 radical (unpaired) electrons. The van der Waals surface area contributed by atoms with Crippen LogP contribution in [0.2, 0.25) is 0 Å². The molecule has 2 unspecified atom stereocenters. The number of ether oxygens (including phenoxy) is 1. The minimum absolute atomic E-state index is 0.419. The van der Waals surface area contributed by atoms with Crippen LogP contribution in [0.4, 0.5) is 5.82 Å². The van der Waals surface area contributed by atoms with Gasteiger partial charge in [-0.1, -0.05) is 30.3 Å². The molecule has 3 aliphatic rings. The Balaban J connectivity index is 1.07. The summed E-state index contributed by atoms with van der Waals surface area (Å²) in [4.78, 5) is 11.7. The first-order valence-corrected chi connectivity index (χ1v) is 14.5. The number of nitrogens with two attached hydrogens (primary N) is 1. The van der Waals surface area contributed by atoms with Crippen molar-refractivity contribution in [3.05, 3.63) is 67.1 Å². The standard InChI is InChI=1S/C32H38N6O/c1-37-25-13-14-26(37)18-23(17-25)36-22-9-11-24(12-10-22)38-19-29(30-31(33)34-20-35-32(30)38)21-7-15-28(16-8-21)39-27-5-3-2-4-6-27/h2-8,15-16,19-20,22-26,36H,9-14,17-18H2,1H3,(H2,33,34,35)/t22-,23?,24+,25?,26?. The third-order valence-electron chi connectivity index (χ3n) is 9.44. The van der Waals surface area contributed by atoms with Crippen LogP contribution in [0, 0.1) is 0 Å². The van der Waals surface area contributed by atoms with Crippen LogP contribution in [0.5, 0.6) is 11.5 Å². The van der Waals surface area contributed by atoms with Gasteiger partial charge in [-0.2, -0.15) is 0 Å². The summed E-state index contributed by atoms with van der Waals surface area (Å²) in [5.41, 5.74) is 9.54. The summed E-state index contributed by atoms with van der Waals surface area (Å²) < 4.78 is 8.37. The van der Waals surface area contributed by atoms with Gasteiger partial charge in [0.15, 0.2) is 0 Å². The van der Waals surface area contributed by atoms with Crippen molar-refractivity contribution >= 4 is 16.9 Å². The second kappa shape index (κ2) is 10.3. The summed E-state index contributed by atoms with van der Waals surface area (Å²) in [6, 6.07) is 21.4. The molecule has 7 rings (SSSR count). The largest absolute Gasteiger partial charge is 0.457 e. The highest BCUT2D eigenvalue weighted by molar-refractivity contribution is 6.00. The number of rotatable bonds is 6. The molecular weight excluding hydrogens is 484 g/mol. The third-order valence-corrected chi connectivity index (χ3v) is 9.44. The summed E-state index contributed by atoms with van der Waals surface area (Å²) in [6.07, 6.45) is 13.9. The molecule has 1 saturated carbocycles. The number of anilines is 1. The zero-order valence-corrected chi connectivity index (χ0v) is 22.7. The van der Waals surface area contributed by atoms with E-state index in [-0.39, 0.29) is 0 Å². The maximum atomic E-state index is 6.43. The van der Waals surface area contributed by atoms with Crippen LogP contribution in [0.1, 0.15) is 57.4 Å². The van der Waals surface area contributed by atoms with Crippen molar-refractivity contribution in [1.29, 1.82) is 0 Å². The number of nitrogens with zero attached hydrogens (tertiary/aromatic N) is 4. The molecule has 7 heteroatoms. The lowest BCUT2D eigenvalue weighted by molar-refractivity contribution is 0.136. The Hall–Kier alpha value is -3.42. The first kappa shape index (κ1) is 24.6. The van der Waals surface area contributed by atoms with Gasteiger partial charge in [0, 0.05) is 42.0 Å². The lowest BCUT2D eigenvalue weighted by Gasteiger charge is -2.40. The highest BCUT2D eigenvalue weighted by Gasteiger charge is 2.39. The minimum Gasteiger partial charge on any atom is -0.457 e. The van der Waals surface area contributed by atoms with E-state index in [9.17, 15) is 0 Å². The van der Waals surface area contributed by atoms with Gasteiger partial charge in [-0.25, -0.2) is 9.97 Å². The van der Waals surface area contributed by atoms with Crippen LogP contribution >= 0.6 is 0 Å². The topological polar surface area (TPSA) is 81.2 Å². The van der Waals surface area contributed by atoms with Gasteiger partial charge in [0.25, 0.3) is 0 Å². The maximum Gasteiger partial charge on any atom is 0.146 e. The first-order valence-electron chi connectivity index (χ1n) is 14.5. The Morgan fingerprint density at radius 2 is 1.46 bits per heavy atom. The SMILES string of the molecule is CN1C2CCC1CC(N[C@H]1CC[C@@H](n3cc(-c4ccc(Oc5ccccc5)cc4)c4c(N)ncnc43)CC1)C2. The predicted octanol–water partition coefficient (Wildman–Crippen LogP) is 6.17. The van der Waals surface area contributed by atoms with Crippen molar-refractivity contribution in [3.8, 4) is 22.6 Å². The molecular formula is C32H38N6O. The number of hydrogen-bond acceptors (Lipinski definition) is 6.